The zero-order valence-corrected chi connectivity index (χ0v) is 11.7. The van der Waals surface area contributed by atoms with Crippen LogP contribution in [0.25, 0.3) is 0 Å². The summed E-state index contributed by atoms with van der Waals surface area (Å²) in [6, 6.07) is 10.2. The molecule has 19 heavy (non-hydrogen) atoms. The molecule has 2 N–H and O–H groups in total. The number of anilines is 1. The molecule has 0 bridgehead atoms. The maximum absolute atomic E-state index is 12.3. The van der Waals surface area contributed by atoms with Crippen molar-refractivity contribution in [2.75, 3.05) is 31.6 Å². The maximum Gasteiger partial charge on any atom is 0.240 e. The minimum Gasteiger partial charge on any atom is -0.330 e. The molecule has 0 aromatic heterocycles. The predicted octanol–water partition coefficient (Wildman–Crippen LogP) is 1.32. The fraction of sp³-hybridized carbons (Fsp3) is 0.533. The van der Waals surface area contributed by atoms with Crippen molar-refractivity contribution in [1.82, 2.24) is 4.90 Å². The van der Waals surface area contributed by atoms with Gasteiger partial charge in [0.2, 0.25) is 5.91 Å². The third-order valence-electron chi connectivity index (χ3n) is 3.98. The van der Waals surface area contributed by atoms with Gasteiger partial charge in [0, 0.05) is 25.3 Å². The van der Waals surface area contributed by atoms with Gasteiger partial charge in [0.05, 0.1) is 6.54 Å². The van der Waals surface area contributed by atoms with Crippen molar-refractivity contribution in [1.29, 1.82) is 0 Å². The monoisotopic (exact) mass is 261 g/mol. The number of hydrogen-bond acceptors (Lipinski definition) is 3. The van der Waals surface area contributed by atoms with Crippen LogP contribution >= 0.6 is 0 Å². The highest BCUT2D eigenvalue weighted by molar-refractivity contribution is 5.94. The van der Waals surface area contributed by atoms with E-state index < -0.39 is 0 Å². The average Bonchev–Trinajstić information content (AvgIpc) is 2.79. The molecule has 0 aliphatic carbocycles. The van der Waals surface area contributed by atoms with Crippen LogP contribution in [0.4, 0.5) is 5.69 Å². The lowest BCUT2D eigenvalue weighted by molar-refractivity contribution is -0.119. The Morgan fingerprint density at radius 3 is 2.68 bits per heavy atom. The van der Waals surface area contributed by atoms with E-state index in [-0.39, 0.29) is 5.91 Å². The minimum atomic E-state index is 0.135. The molecule has 2 unspecified atom stereocenters. The summed E-state index contributed by atoms with van der Waals surface area (Å²) in [7, 11) is 1.83. The first-order valence-corrected chi connectivity index (χ1v) is 6.87. The molecule has 104 valence electrons. The van der Waals surface area contributed by atoms with Crippen molar-refractivity contribution in [3.8, 4) is 0 Å². The minimum absolute atomic E-state index is 0.135. The summed E-state index contributed by atoms with van der Waals surface area (Å²) < 4.78 is 0. The molecule has 0 radical (unpaired) electrons. The van der Waals surface area contributed by atoms with Crippen LogP contribution < -0.4 is 10.6 Å². The van der Waals surface area contributed by atoms with Gasteiger partial charge in [-0.05, 0) is 37.9 Å². The number of likely N-dealkylation sites (tertiary alicyclic amines) is 1. The molecule has 2 atom stereocenters. The molecule has 0 spiro atoms. The van der Waals surface area contributed by atoms with Crippen LogP contribution in [0.2, 0.25) is 0 Å². The highest BCUT2D eigenvalue weighted by atomic mass is 16.2. The van der Waals surface area contributed by atoms with Crippen LogP contribution in [-0.4, -0.2) is 43.5 Å². The summed E-state index contributed by atoms with van der Waals surface area (Å²) in [6.07, 6.45) is 1.10. The summed E-state index contributed by atoms with van der Waals surface area (Å²) in [6.45, 7) is 4.30. The molecule has 1 amide bonds. The Morgan fingerprint density at radius 1 is 1.42 bits per heavy atom. The van der Waals surface area contributed by atoms with Gasteiger partial charge in [-0.25, -0.2) is 0 Å². The van der Waals surface area contributed by atoms with Crippen molar-refractivity contribution in [2.45, 2.75) is 19.4 Å². The Kier molecular flexibility index (Phi) is 4.56. The summed E-state index contributed by atoms with van der Waals surface area (Å²) in [5, 5.41) is 0. The van der Waals surface area contributed by atoms with Crippen LogP contribution in [-0.2, 0) is 4.79 Å². The molecule has 4 heteroatoms. The normalized spacial score (nSPS) is 23.5. The predicted molar refractivity (Wildman–Crippen MR) is 78.0 cm³/mol. The second kappa shape index (κ2) is 6.17. The van der Waals surface area contributed by atoms with Crippen LogP contribution in [0.15, 0.2) is 30.3 Å². The first-order valence-electron chi connectivity index (χ1n) is 6.87. The largest absolute Gasteiger partial charge is 0.330 e. The molecule has 1 aliphatic heterocycles. The molecule has 1 aromatic rings. The Bertz CT molecular complexity index is 421. The number of carbonyl (C=O) groups is 1. The number of nitrogens with zero attached hydrogens (tertiary/aromatic N) is 2. The van der Waals surface area contributed by atoms with Crippen LogP contribution in [0.5, 0.6) is 0 Å². The number of carbonyl (C=O) groups excluding carboxylic acids is 1. The van der Waals surface area contributed by atoms with Crippen molar-refractivity contribution >= 4 is 11.6 Å². The van der Waals surface area contributed by atoms with Gasteiger partial charge in [0.15, 0.2) is 0 Å². The standard InChI is InChI=1S/C15H23N3O/c1-12-8-13(9-16)10-18(12)11-15(19)17(2)14-6-4-3-5-7-14/h3-7,12-13H,8-11,16H2,1-2H3. The van der Waals surface area contributed by atoms with Gasteiger partial charge in [0.1, 0.15) is 0 Å². The summed E-state index contributed by atoms with van der Waals surface area (Å²) in [4.78, 5) is 16.3. The van der Waals surface area contributed by atoms with E-state index in [2.05, 4.69) is 11.8 Å². The summed E-state index contributed by atoms with van der Waals surface area (Å²) in [5.74, 6) is 0.667. The Hall–Kier alpha value is -1.39. The number of hydrogen-bond donors (Lipinski definition) is 1. The molecule has 0 saturated carbocycles. The van der Waals surface area contributed by atoms with E-state index in [1.807, 2.05) is 37.4 Å². The van der Waals surface area contributed by atoms with E-state index in [0.29, 0.717) is 25.0 Å². The topological polar surface area (TPSA) is 49.6 Å². The second-order valence-corrected chi connectivity index (χ2v) is 5.40. The highest BCUT2D eigenvalue weighted by Gasteiger charge is 2.30. The van der Waals surface area contributed by atoms with Gasteiger partial charge in [-0.3, -0.25) is 9.69 Å². The molecule has 1 heterocycles. The van der Waals surface area contributed by atoms with Gasteiger partial charge < -0.3 is 10.6 Å². The van der Waals surface area contributed by atoms with Gasteiger partial charge in [-0.1, -0.05) is 18.2 Å². The quantitative estimate of drug-likeness (QED) is 0.889. The number of amides is 1. The van der Waals surface area contributed by atoms with Gasteiger partial charge in [-0.2, -0.15) is 0 Å². The number of benzene rings is 1. The van der Waals surface area contributed by atoms with Crippen molar-refractivity contribution in [2.24, 2.45) is 11.7 Å². The lowest BCUT2D eigenvalue weighted by atomic mass is 10.1. The van der Waals surface area contributed by atoms with E-state index in [1.54, 1.807) is 4.90 Å². The molecule has 4 nitrogen and oxygen atoms in total. The lowest BCUT2D eigenvalue weighted by Crippen LogP contribution is -2.40. The molecule has 1 saturated heterocycles. The Labute approximate surface area is 115 Å². The number of para-hydroxylation sites is 1. The summed E-state index contributed by atoms with van der Waals surface area (Å²) in [5.41, 5.74) is 6.66. The van der Waals surface area contributed by atoms with Crippen LogP contribution in [0, 0.1) is 5.92 Å². The van der Waals surface area contributed by atoms with Crippen molar-refractivity contribution in [3.63, 3.8) is 0 Å². The Balaban J connectivity index is 1.94. The SMILES string of the molecule is CC1CC(CN)CN1CC(=O)N(C)c1ccccc1. The molecule has 1 aliphatic rings. The Morgan fingerprint density at radius 2 is 2.11 bits per heavy atom. The zero-order chi connectivity index (χ0) is 13.8. The smallest absolute Gasteiger partial charge is 0.240 e. The van der Waals surface area contributed by atoms with E-state index in [4.69, 9.17) is 5.73 Å². The zero-order valence-electron chi connectivity index (χ0n) is 11.7. The molecular weight excluding hydrogens is 238 g/mol. The van der Waals surface area contributed by atoms with E-state index in [0.717, 1.165) is 18.7 Å². The van der Waals surface area contributed by atoms with Crippen molar-refractivity contribution < 1.29 is 4.79 Å². The fourth-order valence-electron chi connectivity index (χ4n) is 2.68. The lowest BCUT2D eigenvalue weighted by Gasteiger charge is -2.24. The number of rotatable bonds is 4. The van der Waals surface area contributed by atoms with Crippen LogP contribution in [0.3, 0.4) is 0 Å². The third kappa shape index (κ3) is 3.33. The highest BCUT2D eigenvalue weighted by Crippen LogP contribution is 2.22. The molecule has 1 fully saturated rings. The van der Waals surface area contributed by atoms with Gasteiger partial charge >= 0.3 is 0 Å². The first kappa shape index (κ1) is 14.0. The van der Waals surface area contributed by atoms with E-state index >= 15 is 0 Å². The number of nitrogens with two attached hydrogens (primary N) is 1. The molecule has 1 aromatic carbocycles. The summed E-state index contributed by atoms with van der Waals surface area (Å²) >= 11 is 0. The van der Waals surface area contributed by atoms with E-state index in [1.165, 1.54) is 0 Å². The van der Waals surface area contributed by atoms with Crippen LogP contribution in [0.1, 0.15) is 13.3 Å². The maximum atomic E-state index is 12.3. The first-order chi connectivity index (χ1) is 9.11. The second-order valence-electron chi connectivity index (χ2n) is 5.40. The third-order valence-corrected chi connectivity index (χ3v) is 3.98. The average molecular weight is 261 g/mol. The molecular formula is C15H23N3O. The van der Waals surface area contributed by atoms with Crippen molar-refractivity contribution in [3.05, 3.63) is 30.3 Å². The number of likely N-dealkylation sites (N-methyl/N-ethyl adjacent to an activating group) is 1. The van der Waals surface area contributed by atoms with Gasteiger partial charge in [0.25, 0.3) is 0 Å². The molecule has 2 rings (SSSR count). The van der Waals surface area contributed by atoms with E-state index in [9.17, 15) is 4.79 Å². The fourth-order valence-corrected chi connectivity index (χ4v) is 2.68. The van der Waals surface area contributed by atoms with Gasteiger partial charge in [-0.15, -0.1) is 0 Å².